The smallest absolute Gasteiger partial charge is 0.262 e. The van der Waals surface area contributed by atoms with Crippen LogP contribution in [0.5, 0.6) is 11.5 Å². The first kappa shape index (κ1) is 20.5. The molecule has 3 atom stereocenters. The lowest BCUT2D eigenvalue weighted by Gasteiger charge is -2.37. The van der Waals surface area contributed by atoms with Gasteiger partial charge in [0, 0.05) is 45.8 Å². The average molecular weight is 364 g/mol. The van der Waals surface area contributed by atoms with Crippen LogP contribution in [0.2, 0.25) is 0 Å². The average Bonchev–Trinajstić information content (AvgIpc) is 2.59. The normalized spacial score (nSPS) is 21.9. The molecule has 1 N–H and O–H groups in total. The third-order valence-electron chi connectivity index (χ3n) is 4.68. The zero-order chi connectivity index (χ0) is 19.3. The molecule has 0 saturated carbocycles. The maximum absolute atomic E-state index is 12.1. The molecule has 146 valence electrons. The van der Waals surface area contributed by atoms with Gasteiger partial charge in [-0.2, -0.15) is 0 Å². The number of carbonyl (C=O) groups excluding carboxylic acids is 1. The molecule has 3 unspecified atom stereocenters. The maximum Gasteiger partial charge on any atom is 0.262 e. The molecule has 1 amide bonds. The summed E-state index contributed by atoms with van der Waals surface area (Å²) in [5.74, 6) is 1.24. The summed E-state index contributed by atoms with van der Waals surface area (Å²) in [6, 6.07) is 7.00. The van der Waals surface area contributed by atoms with Gasteiger partial charge in [-0.25, -0.2) is 0 Å². The van der Waals surface area contributed by atoms with Crippen molar-refractivity contribution in [2.45, 2.75) is 52.4 Å². The quantitative estimate of drug-likeness (QED) is 0.804. The molecule has 1 saturated heterocycles. The van der Waals surface area contributed by atoms with Crippen molar-refractivity contribution in [1.29, 1.82) is 0 Å². The molecule has 0 spiro atoms. The number of amides is 1. The van der Waals surface area contributed by atoms with E-state index in [4.69, 9.17) is 9.47 Å². The fourth-order valence-electron chi connectivity index (χ4n) is 3.17. The third kappa shape index (κ3) is 5.35. The Bertz CT molecular complexity index is 606. The second kappa shape index (κ2) is 9.24. The predicted molar refractivity (Wildman–Crippen MR) is 104 cm³/mol. The van der Waals surface area contributed by atoms with Crippen molar-refractivity contribution in [2.24, 2.45) is 0 Å². The lowest BCUT2D eigenvalue weighted by Crippen LogP contribution is -2.53. The van der Waals surface area contributed by atoms with Gasteiger partial charge < -0.3 is 19.7 Å². The van der Waals surface area contributed by atoms with E-state index in [9.17, 15) is 4.79 Å². The standard InChI is InChI=1S/C20H33N3O3/c1-7-25-19-10-17(13-23-12-14(2)21-11-15(23)3)8-9-18(19)26-16(4)20(24)22(5)6/h8-10,14-16,21H,7,11-13H2,1-6H3. The van der Waals surface area contributed by atoms with Crippen LogP contribution >= 0.6 is 0 Å². The summed E-state index contributed by atoms with van der Waals surface area (Å²) < 4.78 is 11.6. The van der Waals surface area contributed by atoms with Crippen molar-refractivity contribution in [3.8, 4) is 11.5 Å². The van der Waals surface area contributed by atoms with Crippen LogP contribution in [0.3, 0.4) is 0 Å². The summed E-state index contributed by atoms with van der Waals surface area (Å²) in [6.07, 6.45) is -0.552. The van der Waals surface area contributed by atoms with Crippen molar-refractivity contribution >= 4 is 5.91 Å². The van der Waals surface area contributed by atoms with E-state index >= 15 is 0 Å². The Morgan fingerprint density at radius 2 is 2.08 bits per heavy atom. The van der Waals surface area contributed by atoms with Gasteiger partial charge in [0.15, 0.2) is 17.6 Å². The number of hydrogen-bond acceptors (Lipinski definition) is 5. The van der Waals surface area contributed by atoms with Gasteiger partial charge in [-0.3, -0.25) is 9.69 Å². The maximum atomic E-state index is 12.1. The Hall–Kier alpha value is -1.79. The molecule has 1 heterocycles. The van der Waals surface area contributed by atoms with Crippen LogP contribution in [-0.2, 0) is 11.3 Å². The largest absolute Gasteiger partial charge is 0.490 e. The molecule has 1 aromatic carbocycles. The van der Waals surface area contributed by atoms with E-state index < -0.39 is 6.10 Å². The second-order valence-electron chi connectivity index (χ2n) is 7.29. The van der Waals surface area contributed by atoms with E-state index in [1.165, 1.54) is 10.5 Å². The number of carbonyl (C=O) groups is 1. The summed E-state index contributed by atoms with van der Waals surface area (Å²) >= 11 is 0. The van der Waals surface area contributed by atoms with E-state index in [0.29, 0.717) is 30.2 Å². The van der Waals surface area contributed by atoms with Gasteiger partial charge in [0.1, 0.15) is 0 Å². The number of ether oxygens (including phenoxy) is 2. The molecular weight excluding hydrogens is 330 g/mol. The van der Waals surface area contributed by atoms with Crippen LogP contribution in [0.4, 0.5) is 0 Å². The van der Waals surface area contributed by atoms with E-state index in [1.54, 1.807) is 21.0 Å². The SMILES string of the molecule is CCOc1cc(CN2CC(C)NCC2C)ccc1OC(C)C(=O)N(C)C. The number of hydrogen-bond donors (Lipinski definition) is 1. The van der Waals surface area contributed by atoms with Gasteiger partial charge in [-0.05, 0) is 45.4 Å². The number of rotatable bonds is 7. The minimum Gasteiger partial charge on any atom is -0.490 e. The molecule has 2 rings (SSSR count). The molecule has 1 aliphatic rings. The van der Waals surface area contributed by atoms with Crippen LogP contribution < -0.4 is 14.8 Å². The van der Waals surface area contributed by atoms with Crippen LogP contribution in [0, 0.1) is 0 Å². The fourth-order valence-corrected chi connectivity index (χ4v) is 3.17. The highest BCUT2D eigenvalue weighted by atomic mass is 16.5. The number of likely N-dealkylation sites (N-methyl/N-ethyl adjacent to an activating group) is 1. The second-order valence-corrected chi connectivity index (χ2v) is 7.29. The van der Waals surface area contributed by atoms with Crippen molar-refractivity contribution in [1.82, 2.24) is 15.1 Å². The van der Waals surface area contributed by atoms with Crippen LogP contribution in [0.1, 0.15) is 33.3 Å². The van der Waals surface area contributed by atoms with Crippen molar-refractivity contribution in [3.63, 3.8) is 0 Å². The topological polar surface area (TPSA) is 54.0 Å². The summed E-state index contributed by atoms with van der Waals surface area (Å²) in [4.78, 5) is 16.1. The first-order chi connectivity index (χ1) is 12.3. The Balaban J connectivity index is 2.13. The monoisotopic (exact) mass is 363 g/mol. The summed E-state index contributed by atoms with van der Waals surface area (Å²) in [5, 5.41) is 3.51. The van der Waals surface area contributed by atoms with Gasteiger partial charge in [0.05, 0.1) is 6.61 Å². The molecule has 0 radical (unpaired) electrons. The number of benzene rings is 1. The Kier molecular flexibility index (Phi) is 7.29. The summed E-state index contributed by atoms with van der Waals surface area (Å²) in [5.41, 5.74) is 1.19. The van der Waals surface area contributed by atoms with E-state index in [1.807, 2.05) is 19.1 Å². The van der Waals surface area contributed by atoms with Gasteiger partial charge in [-0.1, -0.05) is 6.07 Å². The zero-order valence-corrected chi connectivity index (χ0v) is 16.9. The molecular formula is C20H33N3O3. The van der Waals surface area contributed by atoms with Gasteiger partial charge in [-0.15, -0.1) is 0 Å². The zero-order valence-electron chi connectivity index (χ0n) is 16.9. The minimum absolute atomic E-state index is 0.0693. The number of piperazine rings is 1. The van der Waals surface area contributed by atoms with Crippen LogP contribution in [-0.4, -0.2) is 67.7 Å². The highest BCUT2D eigenvalue weighted by molar-refractivity contribution is 5.80. The minimum atomic E-state index is -0.552. The van der Waals surface area contributed by atoms with Gasteiger partial charge in [0.25, 0.3) is 5.91 Å². The summed E-state index contributed by atoms with van der Waals surface area (Å²) in [6.45, 7) is 11.6. The molecule has 0 aromatic heterocycles. The van der Waals surface area contributed by atoms with Gasteiger partial charge in [0.2, 0.25) is 0 Å². The molecule has 6 heteroatoms. The lowest BCUT2D eigenvalue weighted by atomic mass is 10.1. The fraction of sp³-hybridized carbons (Fsp3) is 0.650. The first-order valence-electron chi connectivity index (χ1n) is 9.42. The molecule has 0 aliphatic carbocycles. The van der Waals surface area contributed by atoms with Gasteiger partial charge >= 0.3 is 0 Å². The summed E-state index contributed by atoms with van der Waals surface area (Å²) in [7, 11) is 3.45. The van der Waals surface area contributed by atoms with E-state index in [2.05, 4.69) is 30.1 Å². The lowest BCUT2D eigenvalue weighted by molar-refractivity contribution is -0.135. The van der Waals surface area contributed by atoms with Crippen molar-refractivity contribution < 1.29 is 14.3 Å². The first-order valence-corrected chi connectivity index (χ1v) is 9.42. The van der Waals surface area contributed by atoms with Crippen molar-refractivity contribution in [2.75, 3.05) is 33.8 Å². The molecule has 1 aliphatic heterocycles. The third-order valence-corrected chi connectivity index (χ3v) is 4.68. The molecule has 1 fully saturated rings. The predicted octanol–water partition coefficient (Wildman–Crippen LogP) is 2.12. The highest BCUT2D eigenvalue weighted by Crippen LogP contribution is 2.30. The van der Waals surface area contributed by atoms with Crippen molar-refractivity contribution in [3.05, 3.63) is 23.8 Å². The number of nitrogens with zero attached hydrogens (tertiary/aromatic N) is 2. The molecule has 6 nitrogen and oxygen atoms in total. The molecule has 0 bridgehead atoms. The van der Waals surface area contributed by atoms with Crippen LogP contribution in [0.25, 0.3) is 0 Å². The van der Waals surface area contributed by atoms with E-state index in [0.717, 1.165) is 19.6 Å². The Labute approximate surface area is 157 Å². The van der Waals surface area contributed by atoms with E-state index in [-0.39, 0.29) is 5.91 Å². The Morgan fingerprint density at radius 1 is 1.35 bits per heavy atom. The number of nitrogens with one attached hydrogen (secondary N) is 1. The molecule has 1 aromatic rings. The molecule has 26 heavy (non-hydrogen) atoms. The highest BCUT2D eigenvalue weighted by Gasteiger charge is 2.23. The van der Waals surface area contributed by atoms with Crippen LogP contribution in [0.15, 0.2) is 18.2 Å². The Morgan fingerprint density at radius 3 is 2.73 bits per heavy atom.